The van der Waals surface area contributed by atoms with Crippen LogP contribution in [0.15, 0.2) is 66.0 Å². The molecule has 1 fully saturated rings. The zero-order chi connectivity index (χ0) is 20.4. The van der Waals surface area contributed by atoms with Gasteiger partial charge in [0.1, 0.15) is 5.82 Å². The zero-order valence-electron chi connectivity index (χ0n) is 15.3. The van der Waals surface area contributed by atoms with Crippen LogP contribution < -0.4 is 10.2 Å². The quantitative estimate of drug-likeness (QED) is 0.634. The first kappa shape index (κ1) is 19.6. The second-order valence-corrected chi connectivity index (χ2v) is 8.25. The molecular formula is C22H18ClFN2O2S. The summed E-state index contributed by atoms with van der Waals surface area (Å²) in [6.07, 6.45) is 0.123. The van der Waals surface area contributed by atoms with Crippen molar-refractivity contribution in [3.8, 4) is 0 Å². The summed E-state index contributed by atoms with van der Waals surface area (Å²) in [6, 6.07) is 16.6. The summed E-state index contributed by atoms with van der Waals surface area (Å²) in [5.41, 5.74) is 1.40. The Bertz CT molecular complexity index is 1020. The van der Waals surface area contributed by atoms with Gasteiger partial charge in [0.25, 0.3) is 0 Å². The van der Waals surface area contributed by atoms with Crippen LogP contribution in [0.25, 0.3) is 0 Å². The molecule has 2 heterocycles. The molecule has 1 N–H and O–H groups in total. The van der Waals surface area contributed by atoms with E-state index in [1.54, 1.807) is 35.2 Å². The van der Waals surface area contributed by atoms with E-state index < -0.39 is 12.0 Å². The van der Waals surface area contributed by atoms with Crippen LogP contribution in [0.2, 0.25) is 5.02 Å². The Kier molecular flexibility index (Phi) is 5.65. The van der Waals surface area contributed by atoms with E-state index in [0.717, 1.165) is 10.4 Å². The SMILES string of the molecule is O=C(NC(c1ccc(F)cc1)c1cccs1)C1CC(=O)N(c2ccccc2Cl)C1. The Morgan fingerprint density at radius 1 is 1.14 bits per heavy atom. The molecule has 1 aliphatic heterocycles. The van der Waals surface area contributed by atoms with Gasteiger partial charge in [-0.3, -0.25) is 9.59 Å². The number of thiophene rings is 1. The number of hydrogen-bond acceptors (Lipinski definition) is 3. The largest absolute Gasteiger partial charge is 0.344 e. The van der Waals surface area contributed by atoms with Crippen molar-refractivity contribution in [2.75, 3.05) is 11.4 Å². The topological polar surface area (TPSA) is 49.4 Å². The van der Waals surface area contributed by atoms with Crippen molar-refractivity contribution in [1.82, 2.24) is 5.32 Å². The highest BCUT2D eigenvalue weighted by Crippen LogP contribution is 2.32. The molecule has 1 saturated heterocycles. The van der Waals surface area contributed by atoms with E-state index in [2.05, 4.69) is 5.32 Å². The van der Waals surface area contributed by atoms with Crippen molar-refractivity contribution < 1.29 is 14.0 Å². The Labute approximate surface area is 176 Å². The number of nitrogens with one attached hydrogen (secondary N) is 1. The molecular weight excluding hydrogens is 411 g/mol. The van der Waals surface area contributed by atoms with E-state index in [1.807, 2.05) is 23.6 Å². The normalized spacial score (nSPS) is 17.4. The fourth-order valence-electron chi connectivity index (χ4n) is 3.48. The predicted octanol–water partition coefficient (Wildman–Crippen LogP) is 4.80. The number of halogens is 2. The molecule has 2 amide bonds. The van der Waals surface area contributed by atoms with Gasteiger partial charge in [0.2, 0.25) is 11.8 Å². The van der Waals surface area contributed by atoms with Crippen LogP contribution >= 0.6 is 22.9 Å². The minimum Gasteiger partial charge on any atom is -0.344 e. The van der Waals surface area contributed by atoms with Gasteiger partial charge in [0.15, 0.2) is 0 Å². The molecule has 3 aromatic rings. The summed E-state index contributed by atoms with van der Waals surface area (Å²) < 4.78 is 13.3. The number of carbonyl (C=O) groups excluding carboxylic acids is 2. The van der Waals surface area contributed by atoms with Crippen LogP contribution in [-0.2, 0) is 9.59 Å². The average molecular weight is 429 g/mol. The van der Waals surface area contributed by atoms with Crippen molar-refractivity contribution in [3.63, 3.8) is 0 Å². The maximum atomic E-state index is 13.3. The number of para-hydroxylation sites is 1. The first-order chi connectivity index (χ1) is 14.0. The first-order valence-corrected chi connectivity index (χ1v) is 10.4. The molecule has 0 aliphatic carbocycles. The maximum Gasteiger partial charge on any atom is 0.227 e. The molecule has 148 valence electrons. The van der Waals surface area contributed by atoms with Crippen LogP contribution in [0.3, 0.4) is 0 Å². The van der Waals surface area contributed by atoms with Crippen LogP contribution in [0.5, 0.6) is 0 Å². The molecule has 0 bridgehead atoms. The van der Waals surface area contributed by atoms with Crippen molar-refractivity contribution in [3.05, 3.63) is 87.3 Å². The number of benzene rings is 2. The summed E-state index contributed by atoms with van der Waals surface area (Å²) >= 11 is 7.73. The van der Waals surface area contributed by atoms with E-state index >= 15 is 0 Å². The smallest absolute Gasteiger partial charge is 0.227 e. The fourth-order valence-corrected chi connectivity index (χ4v) is 4.52. The lowest BCUT2D eigenvalue weighted by Gasteiger charge is -2.21. The second-order valence-electron chi connectivity index (χ2n) is 6.87. The Balaban J connectivity index is 1.53. The van der Waals surface area contributed by atoms with Crippen LogP contribution in [-0.4, -0.2) is 18.4 Å². The molecule has 2 aromatic carbocycles. The van der Waals surface area contributed by atoms with E-state index in [4.69, 9.17) is 11.6 Å². The summed E-state index contributed by atoms with van der Waals surface area (Å²) in [4.78, 5) is 28.0. The third-order valence-electron chi connectivity index (χ3n) is 4.96. The summed E-state index contributed by atoms with van der Waals surface area (Å²) in [5.74, 6) is -1.16. The molecule has 7 heteroatoms. The number of carbonyl (C=O) groups is 2. The molecule has 1 aliphatic rings. The highest BCUT2D eigenvalue weighted by molar-refractivity contribution is 7.10. The van der Waals surface area contributed by atoms with Crippen molar-refractivity contribution in [1.29, 1.82) is 0 Å². The van der Waals surface area contributed by atoms with Gasteiger partial charge in [-0.15, -0.1) is 11.3 Å². The number of amides is 2. The van der Waals surface area contributed by atoms with Gasteiger partial charge in [-0.05, 0) is 41.3 Å². The van der Waals surface area contributed by atoms with Crippen molar-refractivity contribution >= 4 is 40.4 Å². The lowest BCUT2D eigenvalue weighted by molar-refractivity contribution is -0.126. The van der Waals surface area contributed by atoms with Crippen molar-refractivity contribution in [2.24, 2.45) is 5.92 Å². The lowest BCUT2D eigenvalue weighted by Crippen LogP contribution is -2.35. The first-order valence-electron chi connectivity index (χ1n) is 9.17. The van der Waals surface area contributed by atoms with Crippen molar-refractivity contribution in [2.45, 2.75) is 12.5 Å². The molecule has 2 unspecified atom stereocenters. The van der Waals surface area contributed by atoms with Gasteiger partial charge in [-0.25, -0.2) is 4.39 Å². The van der Waals surface area contributed by atoms with Gasteiger partial charge in [-0.1, -0.05) is 41.9 Å². The molecule has 4 rings (SSSR count). The van der Waals surface area contributed by atoms with Gasteiger partial charge < -0.3 is 10.2 Å². The zero-order valence-corrected chi connectivity index (χ0v) is 16.9. The Morgan fingerprint density at radius 3 is 2.59 bits per heavy atom. The number of hydrogen-bond donors (Lipinski definition) is 1. The Morgan fingerprint density at radius 2 is 1.90 bits per heavy atom. The van der Waals surface area contributed by atoms with Gasteiger partial charge in [-0.2, -0.15) is 0 Å². The molecule has 1 aromatic heterocycles. The minimum absolute atomic E-state index is 0.123. The molecule has 0 spiro atoms. The standard InChI is InChI=1S/C22H18ClFN2O2S/c23-17-4-1-2-5-18(17)26-13-15(12-20(26)27)22(28)25-21(19-6-3-11-29-19)14-7-9-16(24)10-8-14/h1-11,15,21H,12-13H2,(H,25,28). The van der Waals surface area contributed by atoms with Gasteiger partial charge >= 0.3 is 0 Å². The van der Waals surface area contributed by atoms with Gasteiger partial charge in [0, 0.05) is 17.8 Å². The average Bonchev–Trinajstić information content (AvgIpc) is 3.37. The molecule has 0 radical (unpaired) electrons. The molecule has 2 atom stereocenters. The van der Waals surface area contributed by atoms with Crippen LogP contribution in [0.1, 0.15) is 22.9 Å². The third-order valence-corrected chi connectivity index (χ3v) is 6.21. The third kappa shape index (κ3) is 4.18. The van der Waals surface area contributed by atoms with Gasteiger partial charge in [0.05, 0.1) is 22.7 Å². The summed E-state index contributed by atoms with van der Waals surface area (Å²) in [6.45, 7) is 0.273. The maximum absolute atomic E-state index is 13.3. The van der Waals surface area contributed by atoms with E-state index in [0.29, 0.717) is 10.7 Å². The van der Waals surface area contributed by atoms with Crippen LogP contribution in [0, 0.1) is 11.7 Å². The van der Waals surface area contributed by atoms with E-state index in [9.17, 15) is 14.0 Å². The van der Waals surface area contributed by atoms with Crippen LogP contribution in [0.4, 0.5) is 10.1 Å². The highest BCUT2D eigenvalue weighted by atomic mass is 35.5. The Hall–Kier alpha value is -2.70. The lowest BCUT2D eigenvalue weighted by atomic mass is 10.0. The monoisotopic (exact) mass is 428 g/mol. The fraction of sp³-hybridized carbons (Fsp3) is 0.182. The number of nitrogens with zero attached hydrogens (tertiary/aromatic N) is 1. The molecule has 4 nitrogen and oxygen atoms in total. The predicted molar refractivity (Wildman–Crippen MR) is 113 cm³/mol. The summed E-state index contributed by atoms with van der Waals surface area (Å²) in [7, 11) is 0. The second kappa shape index (κ2) is 8.35. The van der Waals surface area contributed by atoms with E-state index in [-0.39, 0.29) is 30.6 Å². The molecule has 0 saturated carbocycles. The van der Waals surface area contributed by atoms with E-state index in [1.165, 1.54) is 23.5 Å². The minimum atomic E-state index is -0.485. The number of anilines is 1. The number of rotatable bonds is 5. The molecule has 29 heavy (non-hydrogen) atoms. The summed E-state index contributed by atoms with van der Waals surface area (Å²) in [5, 5.41) is 5.44. The highest BCUT2D eigenvalue weighted by Gasteiger charge is 2.36.